The summed E-state index contributed by atoms with van der Waals surface area (Å²) in [6, 6.07) is 2.68. The summed E-state index contributed by atoms with van der Waals surface area (Å²) in [5.41, 5.74) is 0.0278. The van der Waals surface area contributed by atoms with Gasteiger partial charge in [0.15, 0.2) is 0 Å². The standard InChI is InChI=1S/C17H19F5N2O/c1-23-8-13-12(15(23)25)2-9(3-14(13)17(20,21)22)5-24-6-10-4-11(7-24)16(10,18)19/h2-3,10-11,15,25H,4-8H2,1H3. The zero-order valence-electron chi connectivity index (χ0n) is 13.7. The van der Waals surface area contributed by atoms with Crippen LogP contribution in [0, 0.1) is 11.8 Å². The molecule has 3 unspecified atom stereocenters. The molecule has 0 spiro atoms. The third-order valence-electron chi connectivity index (χ3n) is 5.77. The minimum atomic E-state index is -4.51. The number of hydrogen-bond donors (Lipinski definition) is 1. The van der Waals surface area contributed by atoms with Crippen molar-refractivity contribution in [3.8, 4) is 0 Å². The summed E-state index contributed by atoms with van der Waals surface area (Å²) in [5.74, 6) is -4.02. The number of aliphatic hydroxyl groups excluding tert-OH is 1. The summed E-state index contributed by atoms with van der Waals surface area (Å²) in [7, 11) is 1.56. The highest BCUT2D eigenvalue weighted by Crippen LogP contribution is 2.52. The molecule has 4 aliphatic rings. The summed E-state index contributed by atoms with van der Waals surface area (Å²) >= 11 is 0. The molecule has 3 nitrogen and oxygen atoms in total. The van der Waals surface area contributed by atoms with Gasteiger partial charge < -0.3 is 5.11 Å². The lowest BCUT2D eigenvalue weighted by atomic mass is 9.67. The Bertz CT molecular complexity index is 691. The van der Waals surface area contributed by atoms with Crippen molar-refractivity contribution >= 4 is 0 Å². The summed E-state index contributed by atoms with van der Waals surface area (Å²) in [6.45, 7) is 0.621. The van der Waals surface area contributed by atoms with Crippen molar-refractivity contribution in [1.82, 2.24) is 9.80 Å². The summed E-state index contributed by atoms with van der Waals surface area (Å²) in [4.78, 5) is 3.24. The molecule has 3 atom stereocenters. The number of rotatable bonds is 2. The predicted molar refractivity (Wildman–Crippen MR) is 79.7 cm³/mol. The van der Waals surface area contributed by atoms with Crippen LogP contribution in [0.4, 0.5) is 22.0 Å². The molecule has 0 aromatic heterocycles. The van der Waals surface area contributed by atoms with Crippen molar-refractivity contribution in [2.24, 2.45) is 11.8 Å². The Kier molecular flexibility index (Phi) is 3.69. The zero-order valence-corrected chi connectivity index (χ0v) is 13.7. The minimum Gasteiger partial charge on any atom is -0.374 e. The highest BCUT2D eigenvalue weighted by Gasteiger charge is 2.60. The second-order valence-electron chi connectivity index (χ2n) is 7.50. The van der Waals surface area contributed by atoms with E-state index in [2.05, 4.69) is 0 Å². The van der Waals surface area contributed by atoms with Gasteiger partial charge in [0.2, 0.25) is 0 Å². The van der Waals surface area contributed by atoms with Crippen LogP contribution in [0.5, 0.6) is 0 Å². The van der Waals surface area contributed by atoms with E-state index in [-0.39, 0.29) is 37.3 Å². The normalized spacial score (nSPS) is 31.7. The van der Waals surface area contributed by atoms with Gasteiger partial charge in [-0.25, -0.2) is 8.78 Å². The molecule has 2 saturated heterocycles. The van der Waals surface area contributed by atoms with E-state index in [0.29, 0.717) is 12.0 Å². The number of benzene rings is 1. The number of nitrogens with zero attached hydrogens (tertiary/aromatic N) is 2. The largest absolute Gasteiger partial charge is 0.416 e. The monoisotopic (exact) mass is 362 g/mol. The molecule has 3 fully saturated rings. The van der Waals surface area contributed by atoms with Crippen molar-refractivity contribution < 1.29 is 27.1 Å². The molecule has 1 saturated carbocycles. The van der Waals surface area contributed by atoms with Crippen LogP contribution < -0.4 is 0 Å². The van der Waals surface area contributed by atoms with Crippen LogP contribution in [0.2, 0.25) is 0 Å². The Morgan fingerprint density at radius 1 is 1.20 bits per heavy atom. The second-order valence-corrected chi connectivity index (χ2v) is 7.50. The molecule has 2 bridgehead atoms. The molecule has 8 heteroatoms. The quantitative estimate of drug-likeness (QED) is 0.819. The van der Waals surface area contributed by atoms with Gasteiger partial charge >= 0.3 is 6.18 Å². The molecule has 0 amide bonds. The first-order chi connectivity index (χ1) is 11.6. The summed E-state index contributed by atoms with van der Waals surface area (Å²) < 4.78 is 67.5. The molecule has 1 N–H and O–H groups in total. The lowest BCUT2D eigenvalue weighted by molar-refractivity contribution is -0.227. The first-order valence-electron chi connectivity index (χ1n) is 8.28. The number of hydrogen-bond acceptors (Lipinski definition) is 3. The Morgan fingerprint density at radius 2 is 1.84 bits per heavy atom. The molecule has 1 aliphatic carbocycles. The van der Waals surface area contributed by atoms with Gasteiger partial charge in [-0.05, 0) is 30.7 Å². The number of fused-ring (bicyclic) bond motifs is 3. The highest BCUT2D eigenvalue weighted by molar-refractivity contribution is 5.44. The van der Waals surface area contributed by atoms with Gasteiger partial charge in [0.1, 0.15) is 6.23 Å². The number of alkyl halides is 5. The maximum absolute atomic E-state index is 13.6. The van der Waals surface area contributed by atoms with Crippen LogP contribution in [0.25, 0.3) is 0 Å². The first kappa shape index (κ1) is 17.2. The van der Waals surface area contributed by atoms with Crippen molar-refractivity contribution in [1.29, 1.82) is 0 Å². The maximum atomic E-state index is 13.6. The molecule has 5 rings (SSSR count). The first-order valence-corrected chi connectivity index (χ1v) is 8.28. The summed E-state index contributed by atoms with van der Waals surface area (Å²) in [5, 5.41) is 10.1. The Balaban J connectivity index is 1.61. The number of aliphatic hydroxyl groups is 1. The van der Waals surface area contributed by atoms with E-state index < -0.39 is 35.7 Å². The summed E-state index contributed by atoms with van der Waals surface area (Å²) in [6.07, 6.45) is -5.09. The molecule has 25 heavy (non-hydrogen) atoms. The predicted octanol–water partition coefficient (Wildman–Crippen LogP) is 3.23. The average Bonchev–Trinajstić information content (AvgIpc) is 2.81. The molecule has 3 aliphatic heterocycles. The van der Waals surface area contributed by atoms with Crippen LogP contribution in [-0.4, -0.2) is 41.0 Å². The van der Waals surface area contributed by atoms with Crippen LogP contribution in [0.1, 0.15) is 34.9 Å². The Labute approximate surface area is 142 Å². The number of halogens is 5. The van der Waals surface area contributed by atoms with E-state index in [4.69, 9.17) is 0 Å². The molecule has 1 aromatic carbocycles. The SMILES string of the molecule is CN1Cc2c(cc(CN3CC4CC(C3)C4(F)F)cc2C(F)(F)F)C1O. The van der Waals surface area contributed by atoms with Gasteiger partial charge in [-0.2, -0.15) is 13.2 Å². The van der Waals surface area contributed by atoms with Crippen LogP contribution in [-0.2, 0) is 19.3 Å². The van der Waals surface area contributed by atoms with E-state index in [1.165, 1.54) is 4.90 Å². The molecule has 0 radical (unpaired) electrons. The fourth-order valence-corrected chi connectivity index (χ4v) is 4.39. The van der Waals surface area contributed by atoms with Crippen LogP contribution in [0.3, 0.4) is 0 Å². The Hall–Kier alpha value is -1.25. The van der Waals surface area contributed by atoms with Gasteiger partial charge in [0.25, 0.3) is 5.92 Å². The molecular formula is C17H19F5N2O. The van der Waals surface area contributed by atoms with Gasteiger partial charge in [0, 0.05) is 43.6 Å². The van der Waals surface area contributed by atoms with Gasteiger partial charge in [-0.3, -0.25) is 9.80 Å². The maximum Gasteiger partial charge on any atom is 0.416 e. The highest BCUT2D eigenvalue weighted by atomic mass is 19.4. The lowest BCUT2D eigenvalue weighted by Crippen LogP contribution is -2.62. The third kappa shape index (κ3) is 2.65. The van der Waals surface area contributed by atoms with Gasteiger partial charge in [-0.1, -0.05) is 6.07 Å². The van der Waals surface area contributed by atoms with Crippen LogP contribution >= 0.6 is 0 Å². The van der Waals surface area contributed by atoms with Gasteiger partial charge in [-0.15, -0.1) is 0 Å². The second kappa shape index (κ2) is 5.37. The van der Waals surface area contributed by atoms with E-state index in [0.717, 1.165) is 6.07 Å². The lowest BCUT2D eigenvalue weighted by Gasteiger charge is -2.53. The van der Waals surface area contributed by atoms with Crippen molar-refractivity contribution in [2.45, 2.75) is 37.8 Å². The topological polar surface area (TPSA) is 26.7 Å². The van der Waals surface area contributed by atoms with Crippen molar-refractivity contribution in [3.05, 3.63) is 34.4 Å². The van der Waals surface area contributed by atoms with E-state index in [1.54, 1.807) is 18.0 Å². The molecule has 3 heterocycles. The smallest absolute Gasteiger partial charge is 0.374 e. The van der Waals surface area contributed by atoms with Crippen LogP contribution in [0.15, 0.2) is 12.1 Å². The van der Waals surface area contributed by atoms with E-state index in [1.807, 2.05) is 0 Å². The third-order valence-corrected chi connectivity index (χ3v) is 5.77. The van der Waals surface area contributed by atoms with Gasteiger partial charge in [0.05, 0.1) is 5.56 Å². The zero-order chi connectivity index (χ0) is 18.1. The minimum absolute atomic E-state index is 0.0334. The fourth-order valence-electron chi connectivity index (χ4n) is 4.39. The average molecular weight is 362 g/mol. The van der Waals surface area contributed by atoms with E-state index >= 15 is 0 Å². The van der Waals surface area contributed by atoms with E-state index in [9.17, 15) is 27.1 Å². The molecule has 1 aromatic rings. The fraction of sp³-hybridized carbons (Fsp3) is 0.647. The molecular weight excluding hydrogens is 343 g/mol. The molecule has 138 valence electrons. The Morgan fingerprint density at radius 3 is 2.40 bits per heavy atom. The van der Waals surface area contributed by atoms with Crippen molar-refractivity contribution in [3.63, 3.8) is 0 Å². The number of piperidine rings is 2. The van der Waals surface area contributed by atoms with Crippen molar-refractivity contribution in [2.75, 3.05) is 20.1 Å².